The lowest BCUT2D eigenvalue weighted by molar-refractivity contribution is -0.143. The number of carbonyl (C=O) groups excluding carboxylic acids is 2. The van der Waals surface area contributed by atoms with Crippen LogP contribution in [-0.2, 0) is 14.3 Å². The van der Waals surface area contributed by atoms with Crippen LogP contribution in [0.1, 0.15) is 50.2 Å². The van der Waals surface area contributed by atoms with Crippen LogP contribution in [0.15, 0.2) is 71.8 Å². The Labute approximate surface area is 166 Å². The zero-order chi connectivity index (χ0) is 19.9. The van der Waals surface area contributed by atoms with Gasteiger partial charge in [0.2, 0.25) is 0 Å². The van der Waals surface area contributed by atoms with Gasteiger partial charge in [-0.15, -0.1) is 0 Å². The summed E-state index contributed by atoms with van der Waals surface area (Å²) in [7, 11) is 0. The van der Waals surface area contributed by atoms with Crippen molar-refractivity contribution in [3.63, 3.8) is 0 Å². The standard InChI is InChI=1S/C25H26O3/c1-18(14-15-26)8-7-9-19(2)16-25(27)28-17-24-22-12-5-3-10-20(22)21-11-4-6-13-23(21)24/h3-6,9-15,24H,7-8,16-17H2,1-2H3/b18-14-,19-9?. The summed E-state index contributed by atoms with van der Waals surface area (Å²) < 4.78 is 5.64. The van der Waals surface area contributed by atoms with E-state index < -0.39 is 0 Å². The molecule has 0 atom stereocenters. The van der Waals surface area contributed by atoms with Crippen LogP contribution in [-0.4, -0.2) is 18.9 Å². The Morgan fingerprint density at radius 3 is 2.18 bits per heavy atom. The van der Waals surface area contributed by atoms with Gasteiger partial charge in [-0.2, -0.15) is 0 Å². The van der Waals surface area contributed by atoms with Gasteiger partial charge in [0.05, 0.1) is 6.42 Å². The Bertz CT molecular complexity index is 875. The smallest absolute Gasteiger partial charge is 0.309 e. The molecular formula is C25H26O3. The van der Waals surface area contributed by atoms with Gasteiger partial charge in [0.1, 0.15) is 12.9 Å². The summed E-state index contributed by atoms with van der Waals surface area (Å²) in [5.41, 5.74) is 6.95. The van der Waals surface area contributed by atoms with Gasteiger partial charge in [0.25, 0.3) is 0 Å². The van der Waals surface area contributed by atoms with Crippen molar-refractivity contribution >= 4 is 12.3 Å². The molecule has 0 radical (unpaired) electrons. The molecule has 0 saturated heterocycles. The summed E-state index contributed by atoms with van der Waals surface area (Å²) in [6, 6.07) is 16.7. The van der Waals surface area contributed by atoms with Crippen LogP contribution >= 0.6 is 0 Å². The fourth-order valence-electron chi connectivity index (χ4n) is 3.71. The number of hydrogen-bond acceptors (Lipinski definition) is 3. The molecule has 3 nitrogen and oxygen atoms in total. The molecule has 3 heteroatoms. The molecule has 0 aliphatic heterocycles. The van der Waals surface area contributed by atoms with Crippen LogP contribution in [0.4, 0.5) is 0 Å². The normalized spacial score (nSPS) is 13.8. The van der Waals surface area contributed by atoms with E-state index in [9.17, 15) is 9.59 Å². The van der Waals surface area contributed by atoms with Crippen molar-refractivity contribution in [3.8, 4) is 11.1 Å². The Hall–Kier alpha value is -2.94. The number of aldehydes is 1. The third-order valence-electron chi connectivity index (χ3n) is 5.18. The number of fused-ring (bicyclic) bond motifs is 3. The maximum Gasteiger partial charge on any atom is 0.309 e. The molecule has 2 aromatic carbocycles. The minimum Gasteiger partial charge on any atom is -0.464 e. The predicted molar refractivity (Wildman–Crippen MR) is 112 cm³/mol. The van der Waals surface area contributed by atoms with E-state index in [0.29, 0.717) is 13.0 Å². The molecule has 0 bridgehead atoms. The second-order valence-electron chi connectivity index (χ2n) is 7.33. The Balaban J connectivity index is 1.58. The molecule has 0 N–H and O–H groups in total. The molecule has 0 heterocycles. The van der Waals surface area contributed by atoms with E-state index in [1.165, 1.54) is 22.3 Å². The summed E-state index contributed by atoms with van der Waals surface area (Å²) in [4.78, 5) is 22.8. The molecule has 0 saturated carbocycles. The molecule has 144 valence electrons. The molecule has 1 aliphatic carbocycles. The Morgan fingerprint density at radius 2 is 1.57 bits per heavy atom. The van der Waals surface area contributed by atoms with E-state index in [0.717, 1.165) is 30.3 Å². The minimum atomic E-state index is -0.198. The second kappa shape index (κ2) is 9.32. The van der Waals surface area contributed by atoms with Gasteiger partial charge in [0, 0.05) is 5.92 Å². The lowest BCUT2D eigenvalue weighted by Gasteiger charge is -2.14. The van der Waals surface area contributed by atoms with Gasteiger partial charge in [-0.3, -0.25) is 9.59 Å². The first kappa shape index (κ1) is 19.8. The highest BCUT2D eigenvalue weighted by Crippen LogP contribution is 2.44. The van der Waals surface area contributed by atoms with E-state index in [1.54, 1.807) is 6.08 Å². The first-order valence-electron chi connectivity index (χ1n) is 9.70. The van der Waals surface area contributed by atoms with Crippen LogP contribution in [0.25, 0.3) is 11.1 Å². The van der Waals surface area contributed by atoms with Gasteiger partial charge < -0.3 is 4.74 Å². The molecular weight excluding hydrogens is 348 g/mol. The van der Waals surface area contributed by atoms with Crippen LogP contribution < -0.4 is 0 Å². The summed E-state index contributed by atoms with van der Waals surface area (Å²) >= 11 is 0. The molecule has 3 rings (SSSR count). The van der Waals surface area contributed by atoms with E-state index >= 15 is 0 Å². The second-order valence-corrected chi connectivity index (χ2v) is 7.33. The van der Waals surface area contributed by atoms with Crippen LogP contribution in [0.3, 0.4) is 0 Å². The van der Waals surface area contributed by atoms with Crippen molar-refractivity contribution in [2.45, 2.75) is 39.0 Å². The van der Waals surface area contributed by atoms with Crippen molar-refractivity contribution in [1.82, 2.24) is 0 Å². The lowest BCUT2D eigenvalue weighted by Crippen LogP contribution is -2.12. The molecule has 28 heavy (non-hydrogen) atoms. The topological polar surface area (TPSA) is 43.4 Å². The molecule has 0 amide bonds. The first-order chi connectivity index (χ1) is 13.6. The van der Waals surface area contributed by atoms with E-state index in [2.05, 4.69) is 24.3 Å². The molecule has 0 unspecified atom stereocenters. The van der Waals surface area contributed by atoms with Crippen LogP contribution in [0.2, 0.25) is 0 Å². The van der Waals surface area contributed by atoms with Crippen molar-refractivity contribution < 1.29 is 14.3 Å². The van der Waals surface area contributed by atoms with Crippen molar-refractivity contribution in [2.24, 2.45) is 0 Å². The van der Waals surface area contributed by atoms with Crippen LogP contribution in [0, 0.1) is 0 Å². The number of allylic oxidation sites excluding steroid dienone is 3. The van der Waals surface area contributed by atoms with Gasteiger partial charge in [-0.25, -0.2) is 0 Å². The number of esters is 1. The average Bonchev–Trinajstić information content (AvgIpc) is 3.00. The average molecular weight is 374 g/mol. The maximum absolute atomic E-state index is 12.3. The molecule has 0 fully saturated rings. The molecule has 1 aliphatic rings. The zero-order valence-corrected chi connectivity index (χ0v) is 16.5. The van der Waals surface area contributed by atoms with Crippen molar-refractivity contribution in [1.29, 1.82) is 0 Å². The highest BCUT2D eigenvalue weighted by atomic mass is 16.5. The maximum atomic E-state index is 12.3. The SMILES string of the molecule is CC(=CCC/C(C)=C\C=O)CC(=O)OCC1c2ccccc2-c2ccccc21. The fourth-order valence-corrected chi connectivity index (χ4v) is 3.71. The fraction of sp³-hybridized carbons (Fsp3) is 0.280. The van der Waals surface area contributed by atoms with Crippen molar-refractivity contribution in [3.05, 3.63) is 83.0 Å². The van der Waals surface area contributed by atoms with E-state index in [-0.39, 0.29) is 11.9 Å². The van der Waals surface area contributed by atoms with Crippen LogP contribution in [0.5, 0.6) is 0 Å². The van der Waals surface area contributed by atoms with Gasteiger partial charge in [0.15, 0.2) is 0 Å². The van der Waals surface area contributed by atoms with Gasteiger partial charge in [-0.1, -0.05) is 65.8 Å². The largest absolute Gasteiger partial charge is 0.464 e. The highest BCUT2D eigenvalue weighted by molar-refractivity contribution is 5.79. The number of carbonyl (C=O) groups is 2. The minimum absolute atomic E-state index is 0.0942. The molecule has 0 spiro atoms. The number of hydrogen-bond donors (Lipinski definition) is 0. The Kier molecular flexibility index (Phi) is 6.59. The number of benzene rings is 2. The summed E-state index contributed by atoms with van der Waals surface area (Å²) in [6.45, 7) is 4.24. The summed E-state index contributed by atoms with van der Waals surface area (Å²) in [5.74, 6) is -0.104. The van der Waals surface area contributed by atoms with Crippen molar-refractivity contribution in [2.75, 3.05) is 6.61 Å². The summed E-state index contributed by atoms with van der Waals surface area (Å²) in [6.07, 6.45) is 6.37. The third kappa shape index (κ3) is 4.66. The predicted octanol–water partition coefficient (Wildman–Crippen LogP) is 5.60. The van der Waals surface area contributed by atoms with E-state index in [1.807, 2.05) is 44.2 Å². The quantitative estimate of drug-likeness (QED) is 0.261. The molecule has 2 aromatic rings. The first-order valence-corrected chi connectivity index (χ1v) is 9.70. The number of rotatable bonds is 8. The van der Waals surface area contributed by atoms with Gasteiger partial charge >= 0.3 is 5.97 Å². The highest BCUT2D eigenvalue weighted by Gasteiger charge is 2.28. The van der Waals surface area contributed by atoms with E-state index in [4.69, 9.17) is 4.74 Å². The zero-order valence-electron chi connectivity index (χ0n) is 16.5. The summed E-state index contributed by atoms with van der Waals surface area (Å²) in [5, 5.41) is 0. The monoisotopic (exact) mass is 374 g/mol. The Morgan fingerprint density at radius 1 is 0.964 bits per heavy atom. The lowest BCUT2D eigenvalue weighted by atomic mass is 9.98. The van der Waals surface area contributed by atoms with Gasteiger partial charge in [-0.05, 0) is 55.0 Å². The molecule has 0 aromatic heterocycles. The number of ether oxygens (including phenoxy) is 1. The third-order valence-corrected chi connectivity index (χ3v) is 5.18.